The Labute approximate surface area is 114 Å². The third kappa shape index (κ3) is 6.78. The minimum absolute atomic E-state index is 0. The van der Waals surface area contributed by atoms with Crippen LogP contribution < -0.4 is 12.4 Å². The molecule has 0 spiro atoms. The maximum absolute atomic E-state index is 3.34. The van der Waals surface area contributed by atoms with Crippen LogP contribution in [0.5, 0.6) is 0 Å². The van der Waals surface area contributed by atoms with Crippen molar-refractivity contribution in [1.82, 2.24) is 0 Å². The van der Waals surface area contributed by atoms with Crippen molar-refractivity contribution in [1.29, 1.82) is 0 Å². The molecule has 0 aromatic heterocycles. The minimum Gasteiger partial charge on any atom is -1.00 e. The van der Waals surface area contributed by atoms with Gasteiger partial charge in [-0.1, -0.05) is 26.7 Å². The second-order valence-corrected chi connectivity index (χ2v) is 2.41. The molecule has 0 radical (unpaired) electrons. The quantitative estimate of drug-likeness (QED) is 0.518. The summed E-state index contributed by atoms with van der Waals surface area (Å²) in [6, 6.07) is 9.70. The van der Waals surface area contributed by atoms with E-state index < -0.39 is 0 Å². The van der Waals surface area contributed by atoms with Gasteiger partial charge in [0.1, 0.15) is 0 Å². The molecule has 0 nitrogen and oxygen atoms in total. The summed E-state index contributed by atoms with van der Waals surface area (Å²) in [5.41, 5.74) is 2.64. The summed E-state index contributed by atoms with van der Waals surface area (Å²) >= 11 is 0. The molecule has 13 heavy (non-hydrogen) atoms. The van der Waals surface area contributed by atoms with Crippen molar-refractivity contribution in [3.63, 3.8) is 0 Å². The van der Waals surface area contributed by atoms with Crippen molar-refractivity contribution in [2.75, 3.05) is 0 Å². The summed E-state index contributed by atoms with van der Waals surface area (Å²) in [7, 11) is 0. The van der Waals surface area contributed by atoms with Crippen molar-refractivity contribution in [2.24, 2.45) is 0 Å². The Kier molecular flexibility index (Phi) is 16.1. The zero-order valence-corrected chi connectivity index (χ0v) is 12.0. The molecule has 0 bridgehead atoms. The molecule has 0 N–H and O–H groups in total. The van der Waals surface area contributed by atoms with Crippen LogP contribution in [0.15, 0.2) is 18.2 Å². The van der Waals surface area contributed by atoms with Gasteiger partial charge < -0.3 is 12.4 Å². The molecule has 0 heterocycles. The van der Waals surface area contributed by atoms with E-state index in [4.69, 9.17) is 0 Å². The maximum Gasteiger partial charge on any atom is 2.00 e. The fraction of sp³-hybridized carbons (Fsp3) is 0.400. The second-order valence-electron chi connectivity index (χ2n) is 2.41. The van der Waals surface area contributed by atoms with Crippen LogP contribution in [-0.4, -0.2) is 23.1 Å². The van der Waals surface area contributed by atoms with Crippen molar-refractivity contribution in [2.45, 2.75) is 26.7 Å². The monoisotopic (exact) mass is 272 g/mol. The first-order chi connectivity index (χ1) is 4.86. The van der Waals surface area contributed by atoms with Crippen molar-refractivity contribution >= 4 is 40.0 Å². The molecule has 0 aliphatic rings. The fourth-order valence-electron chi connectivity index (χ4n) is 0.982. The van der Waals surface area contributed by atoms with E-state index in [1.54, 1.807) is 0 Å². The normalized spacial score (nSPS) is 7.54. The molecule has 0 amide bonds. The standard InChI is InChI=1S/C10H13.BrH.ClH.Mg/c1-3-9-6-5-7-10(4-2)8-9;;;/h5-7H,3-4H2,1-2H3;2*1H;/q-1;;;+2/p-1. The van der Waals surface area contributed by atoms with E-state index in [2.05, 4.69) is 38.1 Å². The van der Waals surface area contributed by atoms with Crippen molar-refractivity contribution in [3.8, 4) is 0 Å². The number of hydrogen-bond acceptors (Lipinski definition) is 0. The SMILES string of the molecule is Br.CCc1[c-]c(CC)ccc1.[Cl-].[Mg+2]. The molecule has 1 aromatic carbocycles. The Balaban J connectivity index is -0.000000333. The Bertz CT molecular complexity index is 197. The van der Waals surface area contributed by atoms with E-state index in [1.807, 2.05) is 0 Å². The van der Waals surface area contributed by atoms with Crippen molar-refractivity contribution in [3.05, 3.63) is 35.4 Å². The first kappa shape index (κ1) is 19.3. The molecule has 0 saturated heterocycles. The Morgan fingerprint density at radius 1 is 1.08 bits per heavy atom. The van der Waals surface area contributed by atoms with Crippen LogP contribution in [0.4, 0.5) is 0 Å². The van der Waals surface area contributed by atoms with E-state index in [1.165, 1.54) is 11.1 Å². The topological polar surface area (TPSA) is 0 Å². The third-order valence-electron chi connectivity index (χ3n) is 1.68. The second kappa shape index (κ2) is 10.8. The van der Waals surface area contributed by atoms with Crippen LogP contribution in [0.25, 0.3) is 0 Å². The average Bonchev–Trinajstić information content (AvgIpc) is 2.05. The third-order valence-corrected chi connectivity index (χ3v) is 1.68. The van der Waals surface area contributed by atoms with Gasteiger partial charge in [0, 0.05) is 0 Å². The molecular formula is C10H14BrClMg. The van der Waals surface area contributed by atoms with E-state index in [9.17, 15) is 0 Å². The van der Waals surface area contributed by atoms with Gasteiger partial charge in [0.05, 0.1) is 0 Å². The minimum atomic E-state index is 0. The summed E-state index contributed by atoms with van der Waals surface area (Å²) in [4.78, 5) is 0. The van der Waals surface area contributed by atoms with Crippen LogP contribution in [0.3, 0.4) is 0 Å². The van der Waals surface area contributed by atoms with Gasteiger partial charge in [0.2, 0.25) is 0 Å². The summed E-state index contributed by atoms with van der Waals surface area (Å²) < 4.78 is 0. The number of halogens is 2. The Morgan fingerprint density at radius 3 is 1.77 bits per heavy atom. The zero-order valence-electron chi connectivity index (χ0n) is 8.14. The predicted octanol–water partition coefficient (Wildman–Crippen LogP) is -0.187. The van der Waals surface area contributed by atoms with Crippen LogP contribution >= 0.6 is 17.0 Å². The molecule has 0 aliphatic carbocycles. The Hall–Kier alpha value is 0.756. The molecule has 0 unspecified atom stereocenters. The average molecular weight is 274 g/mol. The molecule has 0 atom stereocenters. The van der Waals surface area contributed by atoms with E-state index >= 15 is 0 Å². The van der Waals surface area contributed by atoms with Crippen LogP contribution in [-0.2, 0) is 12.8 Å². The van der Waals surface area contributed by atoms with E-state index in [0.29, 0.717) is 0 Å². The smallest absolute Gasteiger partial charge is 1.00 e. The molecule has 0 fully saturated rings. The van der Waals surface area contributed by atoms with Gasteiger partial charge in [-0.15, -0.1) is 17.0 Å². The summed E-state index contributed by atoms with van der Waals surface area (Å²) in [6.07, 6.45) is 2.18. The van der Waals surface area contributed by atoms with Crippen LogP contribution in [0, 0.1) is 6.07 Å². The molecule has 1 aromatic rings. The van der Waals surface area contributed by atoms with E-state index in [-0.39, 0.29) is 52.4 Å². The van der Waals surface area contributed by atoms with Gasteiger partial charge in [-0.25, -0.2) is 0 Å². The van der Waals surface area contributed by atoms with Gasteiger partial charge in [0.15, 0.2) is 0 Å². The van der Waals surface area contributed by atoms with Gasteiger partial charge in [-0.3, -0.25) is 0 Å². The molecular weight excluding hydrogens is 260 g/mol. The molecule has 0 aliphatic heterocycles. The Morgan fingerprint density at radius 2 is 1.46 bits per heavy atom. The zero-order chi connectivity index (χ0) is 7.40. The predicted molar refractivity (Wildman–Crippen MR) is 60.1 cm³/mol. The van der Waals surface area contributed by atoms with Crippen LogP contribution in [0.2, 0.25) is 0 Å². The van der Waals surface area contributed by atoms with Gasteiger partial charge in [0.25, 0.3) is 0 Å². The number of benzene rings is 1. The van der Waals surface area contributed by atoms with Gasteiger partial charge >= 0.3 is 23.1 Å². The summed E-state index contributed by atoms with van der Waals surface area (Å²) in [5.74, 6) is 0. The number of rotatable bonds is 2. The molecule has 70 valence electrons. The maximum atomic E-state index is 3.34. The number of aryl methyl sites for hydroxylation is 2. The first-order valence-corrected chi connectivity index (χ1v) is 3.87. The van der Waals surface area contributed by atoms with Gasteiger partial charge in [-0.05, 0) is 0 Å². The van der Waals surface area contributed by atoms with Crippen molar-refractivity contribution < 1.29 is 12.4 Å². The van der Waals surface area contributed by atoms with E-state index in [0.717, 1.165) is 12.8 Å². The summed E-state index contributed by atoms with van der Waals surface area (Å²) in [5, 5.41) is 0. The fourth-order valence-corrected chi connectivity index (χ4v) is 0.982. The summed E-state index contributed by atoms with van der Waals surface area (Å²) in [6.45, 7) is 4.32. The first-order valence-electron chi connectivity index (χ1n) is 3.87. The molecule has 0 saturated carbocycles. The van der Waals surface area contributed by atoms with Crippen LogP contribution in [0.1, 0.15) is 25.0 Å². The largest absolute Gasteiger partial charge is 2.00 e. The number of hydrogen-bond donors (Lipinski definition) is 0. The van der Waals surface area contributed by atoms with Gasteiger partial charge in [-0.2, -0.15) is 35.4 Å². The molecule has 1 rings (SSSR count). The molecule has 3 heteroatoms.